The van der Waals surface area contributed by atoms with Crippen molar-refractivity contribution in [2.45, 2.75) is 89.4 Å². The molecule has 2 heteroatoms. The molecule has 1 heterocycles. The van der Waals surface area contributed by atoms with Crippen LogP contribution in [-0.2, 0) is 0 Å². The second-order valence-electron chi connectivity index (χ2n) is 7.15. The molecule has 0 spiro atoms. The van der Waals surface area contributed by atoms with Crippen LogP contribution in [0.3, 0.4) is 0 Å². The third-order valence-electron chi connectivity index (χ3n) is 4.02. The third kappa shape index (κ3) is 3.21. The van der Waals surface area contributed by atoms with Gasteiger partial charge in [-0.05, 0) is 53.4 Å². The van der Waals surface area contributed by atoms with Crippen LogP contribution >= 0.6 is 0 Å². The first-order valence-electron chi connectivity index (χ1n) is 6.92. The molecule has 0 atom stereocenters. The summed E-state index contributed by atoms with van der Waals surface area (Å²) in [6.07, 6.45) is 8.15. The highest BCUT2D eigenvalue weighted by Gasteiger charge is 2.38. The summed E-state index contributed by atoms with van der Waals surface area (Å²) in [5.41, 5.74) is 0.552. The average molecular weight is 224 g/mol. The monoisotopic (exact) mass is 224 g/mol. The van der Waals surface area contributed by atoms with Crippen molar-refractivity contribution < 1.29 is 0 Å². The minimum atomic E-state index is 0.276. The summed E-state index contributed by atoms with van der Waals surface area (Å²) in [5, 5.41) is 7.64. The van der Waals surface area contributed by atoms with Crippen molar-refractivity contribution in [1.29, 1.82) is 0 Å². The van der Waals surface area contributed by atoms with Crippen LogP contribution in [0, 0.1) is 0 Å². The van der Waals surface area contributed by atoms with Gasteiger partial charge in [0.2, 0.25) is 0 Å². The fraction of sp³-hybridized carbons (Fsp3) is 1.00. The van der Waals surface area contributed by atoms with Crippen LogP contribution in [0.5, 0.6) is 0 Å². The summed E-state index contributed by atoms with van der Waals surface area (Å²) in [4.78, 5) is 0. The molecule has 1 aliphatic heterocycles. The van der Waals surface area contributed by atoms with Gasteiger partial charge in [-0.3, -0.25) is 0 Å². The van der Waals surface area contributed by atoms with E-state index in [0.717, 1.165) is 6.04 Å². The van der Waals surface area contributed by atoms with E-state index in [0.29, 0.717) is 6.04 Å². The van der Waals surface area contributed by atoms with E-state index in [1.807, 2.05) is 0 Å². The van der Waals surface area contributed by atoms with Crippen LogP contribution in [0.15, 0.2) is 0 Å². The molecule has 0 radical (unpaired) electrons. The Labute approximate surface area is 101 Å². The highest BCUT2D eigenvalue weighted by atomic mass is 15.1. The van der Waals surface area contributed by atoms with E-state index in [1.54, 1.807) is 0 Å². The van der Waals surface area contributed by atoms with Crippen LogP contribution in [-0.4, -0.2) is 23.2 Å². The Kier molecular flexibility index (Phi) is 3.33. The third-order valence-corrected chi connectivity index (χ3v) is 4.02. The average Bonchev–Trinajstić information content (AvgIpc) is 2.49. The van der Waals surface area contributed by atoms with Crippen LogP contribution in [0.4, 0.5) is 0 Å². The van der Waals surface area contributed by atoms with Crippen molar-refractivity contribution in [3.8, 4) is 0 Å². The van der Waals surface area contributed by atoms with Gasteiger partial charge in [0.25, 0.3) is 0 Å². The molecule has 1 saturated carbocycles. The molecule has 0 aromatic rings. The maximum atomic E-state index is 3.89. The molecule has 2 aliphatic rings. The fourth-order valence-corrected chi connectivity index (χ4v) is 3.87. The summed E-state index contributed by atoms with van der Waals surface area (Å²) in [6, 6.07) is 1.50. The molecule has 2 nitrogen and oxygen atoms in total. The van der Waals surface area contributed by atoms with Crippen molar-refractivity contribution in [3.63, 3.8) is 0 Å². The molecule has 2 fully saturated rings. The number of rotatable bonds is 2. The SMILES string of the molecule is CC1(C)CC(NC2CCCC2)CC(C)(C)N1. The van der Waals surface area contributed by atoms with E-state index in [4.69, 9.17) is 0 Å². The molecular weight excluding hydrogens is 196 g/mol. The predicted molar refractivity (Wildman–Crippen MR) is 69.7 cm³/mol. The summed E-state index contributed by atoms with van der Waals surface area (Å²) in [6.45, 7) is 9.32. The zero-order valence-electron chi connectivity index (χ0n) is 11.4. The maximum absolute atomic E-state index is 3.89. The molecule has 0 aromatic carbocycles. The van der Waals surface area contributed by atoms with Crippen LogP contribution in [0.25, 0.3) is 0 Å². The first-order chi connectivity index (χ1) is 7.36. The van der Waals surface area contributed by atoms with Gasteiger partial charge in [0.05, 0.1) is 0 Å². The largest absolute Gasteiger partial charge is 0.311 e. The summed E-state index contributed by atoms with van der Waals surface area (Å²) in [5.74, 6) is 0. The lowest BCUT2D eigenvalue weighted by atomic mass is 9.79. The lowest BCUT2D eigenvalue weighted by Crippen LogP contribution is -2.62. The van der Waals surface area contributed by atoms with Gasteiger partial charge in [0, 0.05) is 23.2 Å². The summed E-state index contributed by atoms with van der Waals surface area (Å²) < 4.78 is 0. The minimum absolute atomic E-state index is 0.276. The Balaban J connectivity index is 1.93. The van der Waals surface area contributed by atoms with Gasteiger partial charge in [0.1, 0.15) is 0 Å². The van der Waals surface area contributed by atoms with Crippen molar-refractivity contribution in [1.82, 2.24) is 10.6 Å². The molecule has 2 N–H and O–H groups in total. The maximum Gasteiger partial charge on any atom is 0.0144 e. The Morgan fingerprint density at radius 2 is 1.38 bits per heavy atom. The lowest BCUT2D eigenvalue weighted by molar-refractivity contribution is 0.140. The fourth-order valence-electron chi connectivity index (χ4n) is 3.87. The molecule has 94 valence electrons. The number of hydrogen-bond acceptors (Lipinski definition) is 2. The minimum Gasteiger partial charge on any atom is -0.311 e. The predicted octanol–water partition coefficient (Wildman–Crippen LogP) is 2.83. The van der Waals surface area contributed by atoms with Gasteiger partial charge in [-0.1, -0.05) is 12.8 Å². The molecule has 2 rings (SSSR count). The van der Waals surface area contributed by atoms with E-state index in [2.05, 4.69) is 38.3 Å². The Bertz CT molecular complexity index is 223. The molecule has 1 aliphatic carbocycles. The lowest BCUT2D eigenvalue weighted by Gasteiger charge is -2.47. The highest BCUT2D eigenvalue weighted by molar-refractivity contribution is 5.00. The van der Waals surface area contributed by atoms with Crippen molar-refractivity contribution in [3.05, 3.63) is 0 Å². The van der Waals surface area contributed by atoms with Gasteiger partial charge in [0.15, 0.2) is 0 Å². The molecule has 0 aromatic heterocycles. The number of nitrogens with one attached hydrogen (secondary N) is 2. The van der Waals surface area contributed by atoms with Crippen LogP contribution in [0.2, 0.25) is 0 Å². The Morgan fingerprint density at radius 3 is 1.88 bits per heavy atom. The van der Waals surface area contributed by atoms with Gasteiger partial charge >= 0.3 is 0 Å². The number of piperidine rings is 1. The van der Waals surface area contributed by atoms with Gasteiger partial charge in [-0.15, -0.1) is 0 Å². The first kappa shape index (κ1) is 12.4. The second-order valence-corrected chi connectivity index (χ2v) is 7.15. The van der Waals surface area contributed by atoms with E-state index in [1.165, 1.54) is 38.5 Å². The Morgan fingerprint density at radius 1 is 0.875 bits per heavy atom. The van der Waals surface area contributed by atoms with Crippen LogP contribution < -0.4 is 10.6 Å². The van der Waals surface area contributed by atoms with Crippen LogP contribution in [0.1, 0.15) is 66.2 Å². The van der Waals surface area contributed by atoms with E-state index < -0.39 is 0 Å². The van der Waals surface area contributed by atoms with Gasteiger partial charge in [-0.25, -0.2) is 0 Å². The molecule has 1 saturated heterocycles. The van der Waals surface area contributed by atoms with E-state index >= 15 is 0 Å². The smallest absolute Gasteiger partial charge is 0.0144 e. The van der Waals surface area contributed by atoms with Crippen molar-refractivity contribution in [2.24, 2.45) is 0 Å². The van der Waals surface area contributed by atoms with Gasteiger partial charge in [-0.2, -0.15) is 0 Å². The van der Waals surface area contributed by atoms with E-state index in [-0.39, 0.29) is 11.1 Å². The Hall–Kier alpha value is -0.0800. The zero-order chi connectivity index (χ0) is 11.8. The highest BCUT2D eigenvalue weighted by Crippen LogP contribution is 2.30. The van der Waals surface area contributed by atoms with Gasteiger partial charge < -0.3 is 10.6 Å². The van der Waals surface area contributed by atoms with Crippen molar-refractivity contribution in [2.75, 3.05) is 0 Å². The number of hydrogen-bond donors (Lipinski definition) is 2. The normalized spacial score (nSPS) is 30.8. The van der Waals surface area contributed by atoms with Crippen molar-refractivity contribution >= 4 is 0 Å². The second kappa shape index (κ2) is 4.30. The quantitative estimate of drug-likeness (QED) is 0.753. The molecular formula is C14H28N2. The summed E-state index contributed by atoms with van der Waals surface area (Å²) in [7, 11) is 0. The standard InChI is InChI=1S/C14H28N2/c1-13(2)9-12(10-14(3,4)16-13)15-11-7-5-6-8-11/h11-12,15-16H,5-10H2,1-4H3. The summed E-state index contributed by atoms with van der Waals surface area (Å²) >= 11 is 0. The van der Waals surface area contributed by atoms with E-state index in [9.17, 15) is 0 Å². The molecule has 0 bridgehead atoms. The first-order valence-corrected chi connectivity index (χ1v) is 6.92. The molecule has 16 heavy (non-hydrogen) atoms. The zero-order valence-corrected chi connectivity index (χ0v) is 11.4. The molecule has 0 amide bonds. The molecule has 0 unspecified atom stereocenters. The topological polar surface area (TPSA) is 24.1 Å².